The molecule has 20 heavy (non-hydrogen) atoms. The van der Waals surface area contributed by atoms with Gasteiger partial charge >= 0.3 is 0 Å². The third-order valence-electron chi connectivity index (χ3n) is 4.32. The molecular formula is C17H26N2O. The van der Waals surface area contributed by atoms with Crippen LogP contribution in [-0.2, 0) is 11.3 Å². The lowest BCUT2D eigenvalue weighted by molar-refractivity contribution is -0.134. The number of aryl methyl sites for hydroxylation is 2. The van der Waals surface area contributed by atoms with Gasteiger partial charge in [-0.1, -0.05) is 30.7 Å². The molecule has 1 aromatic rings. The Morgan fingerprint density at radius 1 is 1.40 bits per heavy atom. The molecule has 0 aliphatic carbocycles. The van der Waals surface area contributed by atoms with Crippen LogP contribution in [0, 0.1) is 19.8 Å². The Morgan fingerprint density at radius 3 is 2.80 bits per heavy atom. The average molecular weight is 274 g/mol. The molecule has 1 saturated heterocycles. The molecule has 0 radical (unpaired) electrons. The molecule has 1 aromatic carbocycles. The van der Waals surface area contributed by atoms with E-state index in [2.05, 4.69) is 44.3 Å². The van der Waals surface area contributed by atoms with Gasteiger partial charge < -0.3 is 10.2 Å². The maximum atomic E-state index is 12.6. The van der Waals surface area contributed by atoms with Crippen molar-refractivity contribution in [2.24, 2.45) is 5.92 Å². The molecule has 0 saturated carbocycles. The molecule has 1 aliphatic rings. The van der Waals surface area contributed by atoms with Gasteiger partial charge in [0.2, 0.25) is 5.91 Å². The first-order valence-corrected chi connectivity index (χ1v) is 7.53. The maximum absolute atomic E-state index is 12.6. The van der Waals surface area contributed by atoms with Crippen LogP contribution in [0.1, 0.15) is 36.5 Å². The van der Waals surface area contributed by atoms with Crippen molar-refractivity contribution in [1.82, 2.24) is 10.2 Å². The molecule has 1 fully saturated rings. The van der Waals surface area contributed by atoms with E-state index in [1.54, 1.807) is 0 Å². The molecule has 0 bridgehead atoms. The van der Waals surface area contributed by atoms with E-state index in [0.29, 0.717) is 12.5 Å². The van der Waals surface area contributed by atoms with Crippen molar-refractivity contribution >= 4 is 5.91 Å². The molecule has 2 atom stereocenters. The first-order chi connectivity index (χ1) is 9.49. The quantitative estimate of drug-likeness (QED) is 0.919. The Morgan fingerprint density at radius 2 is 2.15 bits per heavy atom. The number of carbonyl (C=O) groups excluding carboxylic acids is 1. The fourth-order valence-corrected chi connectivity index (χ4v) is 2.97. The van der Waals surface area contributed by atoms with Crippen LogP contribution in [-0.4, -0.2) is 30.4 Å². The van der Waals surface area contributed by atoms with Crippen molar-refractivity contribution in [1.29, 1.82) is 0 Å². The van der Waals surface area contributed by atoms with Crippen molar-refractivity contribution in [3.8, 4) is 0 Å². The van der Waals surface area contributed by atoms with Crippen LogP contribution in [0.4, 0.5) is 0 Å². The lowest BCUT2D eigenvalue weighted by atomic mass is 9.91. The number of hydrogen-bond acceptors (Lipinski definition) is 2. The van der Waals surface area contributed by atoms with Crippen molar-refractivity contribution in [2.45, 2.75) is 46.2 Å². The topological polar surface area (TPSA) is 32.3 Å². The number of nitrogens with one attached hydrogen (secondary N) is 1. The van der Waals surface area contributed by atoms with Crippen LogP contribution in [0.25, 0.3) is 0 Å². The number of piperidine rings is 1. The van der Waals surface area contributed by atoms with Crippen molar-refractivity contribution in [3.63, 3.8) is 0 Å². The summed E-state index contributed by atoms with van der Waals surface area (Å²) >= 11 is 0. The largest absolute Gasteiger partial charge is 0.340 e. The van der Waals surface area contributed by atoms with Crippen LogP contribution in [0.15, 0.2) is 18.2 Å². The summed E-state index contributed by atoms with van der Waals surface area (Å²) in [5, 5.41) is 3.37. The molecule has 1 N–H and O–H groups in total. The number of carbonyl (C=O) groups is 1. The molecular weight excluding hydrogens is 248 g/mol. The van der Waals surface area contributed by atoms with Crippen LogP contribution in [0.2, 0.25) is 0 Å². The summed E-state index contributed by atoms with van der Waals surface area (Å²) in [4.78, 5) is 14.4. The van der Waals surface area contributed by atoms with Gasteiger partial charge in [0.15, 0.2) is 0 Å². The smallest absolute Gasteiger partial charge is 0.240 e. The molecule has 0 aromatic heterocycles. The minimum Gasteiger partial charge on any atom is -0.340 e. The normalized spacial score (nSPS) is 22.6. The lowest BCUT2D eigenvalue weighted by Gasteiger charge is -2.32. The summed E-state index contributed by atoms with van der Waals surface area (Å²) in [6.45, 7) is 8.02. The summed E-state index contributed by atoms with van der Waals surface area (Å²) in [5.41, 5.74) is 3.76. The highest BCUT2D eigenvalue weighted by atomic mass is 16.2. The summed E-state index contributed by atoms with van der Waals surface area (Å²) < 4.78 is 0. The van der Waals surface area contributed by atoms with Gasteiger partial charge in [-0.15, -0.1) is 0 Å². The number of amides is 1. The number of benzene rings is 1. The summed E-state index contributed by atoms with van der Waals surface area (Å²) in [6, 6.07) is 6.41. The second-order valence-electron chi connectivity index (χ2n) is 6.18. The molecule has 2 unspecified atom stereocenters. The maximum Gasteiger partial charge on any atom is 0.240 e. The Hall–Kier alpha value is -1.35. The zero-order chi connectivity index (χ0) is 14.7. The summed E-state index contributed by atoms with van der Waals surface area (Å²) in [6.07, 6.45) is 2.31. The molecule has 0 spiro atoms. The van der Waals surface area contributed by atoms with Gasteiger partial charge in [-0.3, -0.25) is 4.79 Å². The summed E-state index contributed by atoms with van der Waals surface area (Å²) in [7, 11) is 1.91. The van der Waals surface area contributed by atoms with E-state index in [9.17, 15) is 4.79 Å². The molecule has 2 rings (SSSR count). The van der Waals surface area contributed by atoms with E-state index in [1.165, 1.54) is 23.1 Å². The highest BCUT2D eigenvalue weighted by Gasteiger charge is 2.29. The predicted molar refractivity (Wildman–Crippen MR) is 82.6 cm³/mol. The molecule has 3 nitrogen and oxygen atoms in total. The van der Waals surface area contributed by atoms with E-state index in [4.69, 9.17) is 0 Å². The molecule has 1 amide bonds. The Labute approximate surface area is 122 Å². The monoisotopic (exact) mass is 274 g/mol. The van der Waals surface area contributed by atoms with Gasteiger partial charge in [0, 0.05) is 13.6 Å². The fraction of sp³-hybridized carbons (Fsp3) is 0.588. The van der Waals surface area contributed by atoms with Crippen LogP contribution in [0.5, 0.6) is 0 Å². The van der Waals surface area contributed by atoms with E-state index in [-0.39, 0.29) is 11.9 Å². The second-order valence-corrected chi connectivity index (χ2v) is 6.18. The number of hydrogen-bond donors (Lipinski definition) is 1. The predicted octanol–water partition coefficient (Wildman–Crippen LogP) is 2.65. The molecule has 1 aliphatic heterocycles. The van der Waals surface area contributed by atoms with Gasteiger partial charge in [-0.2, -0.15) is 0 Å². The van der Waals surface area contributed by atoms with Gasteiger partial charge in [0.25, 0.3) is 0 Å². The van der Waals surface area contributed by atoms with Crippen molar-refractivity contribution < 1.29 is 4.79 Å². The van der Waals surface area contributed by atoms with Crippen LogP contribution >= 0.6 is 0 Å². The van der Waals surface area contributed by atoms with E-state index in [0.717, 1.165) is 13.0 Å². The fourth-order valence-electron chi connectivity index (χ4n) is 2.97. The van der Waals surface area contributed by atoms with Crippen LogP contribution in [0.3, 0.4) is 0 Å². The molecule has 110 valence electrons. The first-order valence-electron chi connectivity index (χ1n) is 7.53. The van der Waals surface area contributed by atoms with E-state index in [1.807, 2.05) is 11.9 Å². The highest BCUT2D eigenvalue weighted by Crippen LogP contribution is 2.19. The Bertz CT molecular complexity index is 484. The van der Waals surface area contributed by atoms with Crippen LogP contribution < -0.4 is 5.32 Å². The Balaban J connectivity index is 2.03. The third kappa shape index (κ3) is 3.40. The zero-order valence-electron chi connectivity index (χ0n) is 13.1. The molecule has 1 heterocycles. The highest BCUT2D eigenvalue weighted by molar-refractivity contribution is 5.82. The zero-order valence-corrected chi connectivity index (χ0v) is 13.1. The lowest BCUT2D eigenvalue weighted by Crippen LogP contribution is -2.51. The summed E-state index contributed by atoms with van der Waals surface area (Å²) in [5.74, 6) is 0.648. The van der Waals surface area contributed by atoms with Crippen molar-refractivity contribution in [3.05, 3.63) is 34.9 Å². The minimum absolute atomic E-state index is 0.0143. The van der Waals surface area contributed by atoms with E-state index >= 15 is 0 Å². The second kappa shape index (κ2) is 6.40. The first kappa shape index (κ1) is 15.0. The number of nitrogens with zero attached hydrogens (tertiary/aromatic N) is 1. The molecule has 3 heteroatoms. The average Bonchev–Trinajstić information content (AvgIpc) is 2.41. The standard InChI is InChI=1S/C17H26N2O/c1-12-7-8-15(14(3)10-12)11-19(4)17(20)16-13(2)6-5-9-18-16/h7-8,10,13,16,18H,5-6,9,11H2,1-4H3. The van der Waals surface area contributed by atoms with E-state index < -0.39 is 0 Å². The third-order valence-corrected chi connectivity index (χ3v) is 4.32. The Kier molecular flexibility index (Phi) is 4.81. The number of likely N-dealkylation sites (N-methyl/N-ethyl adjacent to an activating group) is 1. The minimum atomic E-state index is -0.0143. The van der Waals surface area contributed by atoms with Gasteiger partial charge in [0.1, 0.15) is 0 Å². The van der Waals surface area contributed by atoms with Gasteiger partial charge in [-0.05, 0) is 50.3 Å². The van der Waals surface area contributed by atoms with Gasteiger partial charge in [-0.25, -0.2) is 0 Å². The van der Waals surface area contributed by atoms with Gasteiger partial charge in [0.05, 0.1) is 6.04 Å². The number of rotatable bonds is 3. The van der Waals surface area contributed by atoms with Crippen molar-refractivity contribution in [2.75, 3.05) is 13.6 Å². The SMILES string of the molecule is Cc1ccc(CN(C)C(=O)C2NCCCC2C)c(C)c1.